The molecule has 1 aliphatic heterocycles. The summed E-state index contributed by atoms with van der Waals surface area (Å²) in [4.78, 5) is 18.9. The molecule has 284 valence electrons. The number of halogens is 5. The van der Waals surface area contributed by atoms with Crippen LogP contribution in [0.1, 0.15) is 65.8 Å². The van der Waals surface area contributed by atoms with Gasteiger partial charge in [0.25, 0.3) is 0 Å². The van der Waals surface area contributed by atoms with Crippen molar-refractivity contribution in [3.8, 4) is 23.0 Å². The predicted molar refractivity (Wildman–Crippen MR) is 194 cm³/mol. The third kappa shape index (κ3) is 8.84. The molecular formula is C38H36ClF4N5O5S. The lowest BCUT2D eigenvalue weighted by Gasteiger charge is -2.21. The van der Waals surface area contributed by atoms with E-state index >= 15 is 0 Å². The van der Waals surface area contributed by atoms with Gasteiger partial charge < -0.3 is 9.84 Å². The van der Waals surface area contributed by atoms with Crippen LogP contribution >= 0.6 is 11.6 Å². The third-order valence-corrected chi connectivity index (χ3v) is 9.96. The summed E-state index contributed by atoms with van der Waals surface area (Å²) in [6.45, 7) is 2.48. The molecule has 0 radical (unpaired) electrons. The van der Waals surface area contributed by atoms with Gasteiger partial charge in [-0.15, -0.1) is 0 Å². The second-order valence-electron chi connectivity index (χ2n) is 13.9. The van der Waals surface area contributed by atoms with Gasteiger partial charge in [0.15, 0.2) is 21.3 Å². The van der Waals surface area contributed by atoms with Crippen LogP contribution in [0.3, 0.4) is 0 Å². The Labute approximate surface area is 314 Å². The summed E-state index contributed by atoms with van der Waals surface area (Å²) in [6, 6.07) is 12.5. The van der Waals surface area contributed by atoms with Crippen LogP contribution in [0.4, 0.5) is 17.6 Å². The van der Waals surface area contributed by atoms with Gasteiger partial charge in [-0.2, -0.15) is 23.4 Å². The number of carbonyl (C=O) groups excluding carboxylic acids is 1. The Hall–Kier alpha value is -4.62. The zero-order valence-electron chi connectivity index (χ0n) is 29.8. The first kappa shape index (κ1) is 39.1. The molecule has 0 unspecified atom stereocenters. The number of hydrogen-bond donors (Lipinski definition) is 1. The Morgan fingerprint density at radius 1 is 1.11 bits per heavy atom. The molecule has 1 atom stereocenters. The first-order valence-electron chi connectivity index (χ1n) is 16.9. The Morgan fingerprint density at radius 2 is 1.85 bits per heavy atom. The van der Waals surface area contributed by atoms with Crippen LogP contribution in [0.5, 0.6) is 0 Å². The number of nitrogens with zero attached hydrogens (tertiary/aromatic N) is 5. The van der Waals surface area contributed by atoms with Gasteiger partial charge in [0, 0.05) is 47.7 Å². The third-order valence-electron chi connectivity index (χ3n) is 8.85. The number of carbonyl (C=O) groups is 1. The van der Waals surface area contributed by atoms with E-state index in [4.69, 9.17) is 21.3 Å². The van der Waals surface area contributed by atoms with Crippen molar-refractivity contribution in [2.75, 3.05) is 12.9 Å². The molecule has 54 heavy (non-hydrogen) atoms. The molecule has 1 N–H and O–H groups in total. The van der Waals surface area contributed by atoms with Crippen molar-refractivity contribution in [2.45, 2.75) is 69.7 Å². The van der Waals surface area contributed by atoms with E-state index in [-0.39, 0.29) is 65.9 Å². The van der Waals surface area contributed by atoms with Gasteiger partial charge >= 0.3 is 6.18 Å². The number of benzene rings is 2. The van der Waals surface area contributed by atoms with Gasteiger partial charge in [0.2, 0.25) is 0 Å². The number of Topliss-reactive ketones (excluding diaryl/α,β-unsaturated/α-hetero) is 1. The first-order chi connectivity index (χ1) is 25.3. The molecule has 6 rings (SSSR count). The van der Waals surface area contributed by atoms with Crippen LogP contribution in [0.2, 0.25) is 5.02 Å². The number of sulfone groups is 1. The lowest BCUT2D eigenvalue weighted by atomic mass is 9.86. The Balaban J connectivity index is 1.51. The van der Waals surface area contributed by atoms with Crippen LogP contribution in [0.25, 0.3) is 22.0 Å². The maximum Gasteiger partial charge on any atom is 0.435 e. The Morgan fingerprint density at radius 3 is 2.54 bits per heavy atom. The van der Waals surface area contributed by atoms with Crippen LogP contribution in [0.15, 0.2) is 48.5 Å². The number of aryl methyl sites for hydroxylation is 1. The summed E-state index contributed by atoms with van der Waals surface area (Å²) in [5, 5.41) is 19.3. The summed E-state index contributed by atoms with van der Waals surface area (Å²) in [7, 11) is -1.87. The van der Waals surface area contributed by atoms with Crippen molar-refractivity contribution in [1.82, 2.24) is 24.5 Å². The van der Waals surface area contributed by atoms with Gasteiger partial charge in [0.1, 0.15) is 17.1 Å². The number of ketones is 1. The highest BCUT2D eigenvalue weighted by Gasteiger charge is 2.40. The molecule has 4 heterocycles. The lowest BCUT2D eigenvalue weighted by Crippen LogP contribution is -2.21. The molecule has 2 aromatic carbocycles. The zero-order chi connectivity index (χ0) is 39.2. The number of aromatic nitrogens is 5. The number of alkyl halides is 3. The smallest absolute Gasteiger partial charge is 0.378 e. The summed E-state index contributed by atoms with van der Waals surface area (Å²) < 4.78 is 89.0. The molecule has 1 aliphatic rings. The monoisotopic (exact) mass is 785 g/mol. The van der Waals surface area contributed by atoms with Gasteiger partial charge in [-0.25, -0.2) is 17.8 Å². The van der Waals surface area contributed by atoms with Crippen molar-refractivity contribution in [2.24, 2.45) is 7.05 Å². The number of hydrogen-bond acceptors (Lipinski definition) is 8. The molecule has 3 aromatic heterocycles. The molecule has 10 nitrogen and oxygen atoms in total. The molecule has 0 fully saturated rings. The van der Waals surface area contributed by atoms with E-state index in [0.717, 1.165) is 10.9 Å². The minimum atomic E-state index is -4.73. The summed E-state index contributed by atoms with van der Waals surface area (Å²) in [6.07, 6.45) is -3.80. The van der Waals surface area contributed by atoms with Gasteiger partial charge in [-0.3, -0.25) is 14.2 Å². The highest BCUT2D eigenvalue weighted by molar-refractivity contribution is 7.89. The lowest BCUT2D eigenvalue weighted by molar-refractivity contribution is -0.142. The molecule has 0 spiro atoms. The van der Waals surface area contributed by atoms with Crippen molar-refractivity contribution >= 4 is 38.1 Å². The molecule has 0 saturated carbocycles. The van der Waals surface area contributed by atoms with Crippen LogP contribution in [-0.4, -0.2) is 62.3 Å². The zero-order valence-corrected chi connectivity index (χ0v) is 31.3. The van der Waals surface area contributed by atoms with Crippen molar-refractivity contribution < 1.29 is 40.6 Å². The van der Waals surface area contributed by atoms with E-state index in [2.05, 4.69) is 22.0 Å². The number of fused-ring (bicyclic) bond motifs is 2. The average Bonchev–Trinajstić information content (AvgIpc) is 3.60. The van der Waals surface area contributed by atoms with E-state index in [0.29, 0.717) is 33.3 Å². The second-order valence-corrected chi connectivity index (χ2v) is 16.5. The highest BCUT2D eigenvalue weighted by atomic mass is 35.5. The maximum absolute atomic E-state index is 14.5. The molecule has 0 bridgehead atoms. The fraction of sp³-hybridized carbons (Fsp3) is 0.368. The maximum atomic E-state index is 14.5. The van der Waals surface area contributed by atoms with Gasteiger partial charge in [-0.1, -0.05) is 35.7 Å². The van der Waals surface area contributed by atoms with Gasteiger partial charge in [0.05, 0.1) is 53.1 Å². The normalized spacial score (nSPS) is 14.1. The average molecular weight is 786 g/mol. The minimum Gasteiger partial charge on any atom is -0.378 e. The quantitative estimate of drug-likeness (QED) is 0.128. The number of aliphatic hydroxyl groups is 1. The summed E-state index contributed by atoms with van der Waals surface area (Å²) >= 11 is 6.65. The van der Waals surface area contributed by atoms with Crippen LogP contribution < -0.4 is 0 Å². The second kappa shape index (κ2) is 14.9. The number of pyridine rings is 1. The summed E-state index contributed by atoms with van der Waals surface area (Å²) in [5.74, 6) is 3.45. The summed E-state index contributed by atoms with van der Waals surface area (Å²) in [5.41, 5.74) is 0.621. The van der Waals surface area contributed by atoms with Crippen molar-refractivity contribution in [3.63, 3.8) is 0 Å². The molecule has 0 amide bonds. The molecular weight excluding hydrogens is 750 g/mol. The molecule has 16 heteroatoms. The Kier molecular flexibility index (Phi) is 10.8. The van der Waals surface area contributed by atoms with Crippen LogP contribution in [-0.2, 0) is 64.3 Å². The van der Waals surface area contributed by atoms with E-state index in [1.165, 1.54) is 36.7 Å². The fourth-order valence-corrected chi connectivity index (χ4v) is 7.67. The minimum absolute atomic E-state index is 0.00178. The predicted octanol–water partition coefficient (Wildman–Crippen LogP) is 6.37. The number of rotatable bonds is 10. The largest absolute Gasteiger partial charge is 0.435 e. The number of ether oxygens (including phenoxy) is 1. The van der Waals surface area contributed by atoms with Gasteiger partial charge in [-0.05, 0) is 68.5 Å². The van der Waals surface area contributed by atoms with E-state index in [9.17, 15) is 35.9 Å². The molecule has 0 aliphatic carbocycles. The first-order valence-corrected chi connectivity index (χ1v) is 19.3. The standard InChI is InChI=1S/C38H36ClF4N5O5S/c1-37(2,50)14-12-25-8-9-27(28-10-11-30(39)33-31(21-54(4,51)52)45-47(3)35(28)33)34(44-25)23(16-22-6-5-7-24(40)17-22)18-26(49)19-48-32-20-53-15-13-29(32)36(46-48)38(41,42)43/h5-11,17,23,50H,13,15-16,18-21H2,1-4H3/t23-/m1/s1. The SMILES string of the molecule is Cn1nc(CS(C)(=O)=O)c2c(Cl)ccc(-c3ccc(C#CC(C)(C)O)nc3[C@@H](CC(=O)Cn3nc(C(F)(F)F)c4c3COCC4)Cc3cccc(F)c3)c21. The van der Waals surface area contributed by atoms with E-state index in [1.807, 2.05) is 0 Å². The highest BCUT2D eigenvalue weighted by Crippen LogP contribution is 2.40. The topological polar surface area (TPSA) is 129 Å². The van der Waals surface area contributed by atoms with E-state index < -0.39 is 51.4 Å². The van der Waals surface area contributed by atoms with E-state index in [1.54, 1.807) is 37.4 Å². The molecule has 0 saturated heterocycles. The fourth-order valence-electron chi connectivity index (χ4n) is 6.71. The van der Waals surface area contributed by atoms with Crippen molar-refractivity contribution in [1.29, 1.82) is 0 Å². The van der Waals surface area contributed by atoms with Crippen LogP contribution in [0, 0.1) is 17.7 Å². The molecule has 5 aromatic rings. The van der Waals surface area contributed by atoms with Crippen molar-refractivity contribution in [3.05, 3.63) is 99.0 Å². The Bertz CT molecular complexity index is 2440.